The smallest absolute Gasteiger partial charge is 0.119 e. The van der Waals surface area contributed by atoms with Crippen LogP contribution in [0.1, 0.15) is 48.0 Å². The van der Waals surface area contributed by atoms with Crippen LogP contribution in [0.15, 0.2) is 24.3 Å². The van der Waals surface area contributed by atoms with Crippen molar-refractivity contribution in [2.75, 3.05) is 13.2 Å². The second kappa shape index (κ2) is 7.57. The fourth-order valence-electron chi connectivity index (χ4n) is 2.38. The molecule has 114 valence electrons. The van der Waals surface area contributed by atoms with E-state index >= 15 is 0 Å². The number of hydrogen-bond donors (Lipinski definition) is 1. The minimum atomic E-state index is 0.162. The van der Waals surface area contributed by atoms with E-state index in [-0.39, 0.29) is 6.04 Å². The van der Waals surface area contributed by atoms with Crippen molar-refractivity contribution < 1.29 is 4.74 Å². The molecule has 1 aromatic heterocycles. The Bertz CT molecular complexity index is 563. The standard InChI is InChI=1S/C17H24N2OS/c1-5-15-12(4)21-17(19-15)16(18-6-2)13-8-10-14(11-9-13)20-7-3/h8-11,16,18H,5-7H2,1-4H3. The summed E-state index contributed by atoms with van der Waals surface area (Å²) in [7, 11) is 0. The lowest BCUT2D eigenvalue weighted by Gasteiger charge is -2.16. The van der Waals surface area contributed by atoms with Crippen molar-refractivity contribution in [3.05, 3.63) is 45.4 Å². The average Bonchev–Trinajstić information content (AvgIpc) is 2.87. The first-order valence-electron chi connectivity index (χ1n) is 7.61. The molecular weight excluding hydrogens is 280 g/mol. The molecule has 1 atom stereocenters. The van der Waals surface area contributed by atoms with Gasteiger partial charge in [0.2, 0.25) is 0 Å². The maximum atomic E-state index is 5.51. The van der Waals surface area contributed by atoms with Gasteiger partial charge in [-0.15, -0.1) is 11.3 Å². The number of hydrogen-bond acceptors (Lipinski definition) is 4. The van der Waals surface area contributed by atoms with Crippen LogP contribution in [0.3, 0.4) is 0 Å². The van der Waals surface area contributed by atoms with Crippen molar-refractivity contribution in [3.63, 3.8) is 0 Å². The van der Waals surface area contributed by atoms with E-state index in [0.29, 0.717) is 6.61 Å². The number of aryl methyl sites for hydroxylation is 2. The molecule has 0 bridgehead atoms. The third kappa shape index (κ3) is 3.83. The highest BCUT2D eigenvalue weighted by Gasteiger charge is 2.18. The molecule has 0 fully saturated rings. The summed E-state index contributed by atoms with van der Waals surface area (Å²) in [4.78, 5) is 6.13. The number of ether oxygens (including phenoxy) is 1. The van der Waals surface area contributed by atoms with E-state index in [1.807, 2.05) is 19.1 Å². The van der Waals surface area contributed by atoms with Gasteiger partial charge in [0.05, 0.1) is 18.3 Å². The van der Waals surface area contributed by atoms with Crippen molar-refractivity contribution in [2.24, 2.45) is 0 Å². The highest BCUT2D eigenvalue weighted by molar-refractivity contribution is 7.11. The first-order chi connectivity index (χ1) is 10.2. The van der Waals surface area contributed by atoms with Crippen LogP contribution in [0, 0.1) is 6.92 Å². The van der Waals surface area contributed by atoms with Gasteiger partial charge in [-0.05, 0) is 44.5 Å². The van der Waals surface area contributed by atoms with Crippen LogP contribution in [0.25, 0.3) is 0 Å². The van der Waals surface area contributed by atoms with Gasteiger partial charge in [-0.25, -0.2) is 4.98 Å². The van der Waals surface area contributed by atoms with Crippen LogP contribution >= 0.6 is 11.3 Å². The zero-order valence-electron chi connectivity index (χ0n) is 13.3. The molecule has 0 aliphatic rings. The number of thiazole rings is 1. The fraction of sp³-hybridized carbons (Fsp3) is 0.471. The molecule has 3 nitrogen and oxygen atoms in total. The molecule has 0 aliphatic carbocycles. The van der Waals surface area contributed by atoms with Gasteiger partial charge >= 0.3 is 0 Å². The average molecular weight is 304 g/mol. The molecule has 1 unspecified atom stereocenters. The lowest BCUT2D eigenvalue weighted by atomic mass is 10.1. The summed E-state index contributed by atoms with van der Waals surface area (Å²) in [5.74, 6) is 0.918. The van der Waals surface area contributed by atoms with Crippen molar-refractivity contribution >= 4 is 11.3 Å². The summed E-state index contributed by atoms with van der Waals surface area (Å²) >= 11 is 1.79. The predicted octanol–water partition coefficient (Wildman–Crippen LogP) is 4.11. The molecule has 1 N–H and O–H groups in total. The summed E-state index contributed by atoms with van der Waals surface area (Å²) in [5.41, 5.74) is 2.44. The van der Waals surface area contributed by atoms with Gasteiger partial charge in [0.25, 0.3) is 0 Å². The Morgan fingerprint density at radius 3 is 2.43 bits per heavy atom. The lowest BCUT2D eigenvalue weighted by Crippen LogP contribution is -2.21. The lowest BCUT2D eigenvalue weighted by molar-refractivity contribution is 0.340. The van der Waals surface area contributed by atoms with Crippen molar-refractivity contribution in [3.8, 4) is 5.75 Å². The van der Waals surface area contributed by atoms with Crippen molar-refractivity contribution in [2.45, 2.75) is 40.2 Å². The molecule has 0 spiro atoms. The second-order valence-corrected chi connectivity index (χ2v) is 6.14. The van der Waals surface area contributed by atoms with Gasteiger partial charge in [-0.3, -0.25) is 0 Å². The van der Waals surface area contributed by atoms with Gasteiger partial charge in [0.1, 0.15) is 10.8 Å². The van der Waals surface area contributed by atoms with Crippen LogP contribution in [0.2, 0.25) is 0 Å². The Morgan fingerprint density at radius 2 is 1.90 bits per heavy atom. The van der Waals surface area contributed by atoms with Crippen molar-refractivity contribution in [1.29, 1.82) is 0 Å². The molecule has 4 heteroatoms. The van der Waals surface area contributed by atoms with Crippen LogP contribution < -0.4 is 10.1 Å². The van der Waals surface area contributed by atoms with E-state index in [4.69, 9.17) is 9.72 Å². The molecular formula is C17H24N2OS. The quantitative estimate of drug-likeness (QED) is 0.836. The number of nitrogens with zero attached hydrogens (tertiary/aromatic N) is 1. The molecule has 21 heavy (non-hydrogen) atoms. The fourth-order valence-corrected chi connectivity index (χ4v) is 3.49. The normalized spacial score (nSPS) is 12.4. The monoisotopic (exact) mass is 304 g/mol. The third-order valence-corrected chi connectivity index (χ3v) is 4.50. The molecule has 1 heterocycles. The van der Waals surface area contributed by atoms with Gasteiger partial charge < -0.3 is 10.1 Å². The second-order valence-electron chi connectivity index (χ2n) is 4.90. The summed E-state index contributed by atoms with van der Waals surface area (Å²) < 4.78 is 5.51. The molecule has 0 radical (unpaired) electrons. The summed E-state index contributed by atoms with van der Waals surface area (Å²) in [6.45, 7) is 10.0. The largest absolute Gasteiger partial charge is 0.494 e. The zero-order chi connectivity index (χ0) is 15.2. The van der Waals surface area contributed by atoms with Gasteiger partial charge in [-0.2, -0.15) is 0 Å². The SMILES string of the molecule is CCNC(c1ccc(OCC)cc1)c1nc(CC)c(C)s1. The Labute approximate surface area is 131 Å². The maximum Gasteiger partial charge on any atom is 0.119 e. The molecule has 2 rings (SSSR count). The van der Waals surface area contributed by atoms with Crippen LogP contribution in [-0.2, 0) is 6.42 Å². The molecule has 1 aromatic carbocycles. The van der Waals surface area contributed by atoms with Crippen molar-refractivity contribution in [1.82, 2.24) is 10.3 Å². The van der Waals surface area contributed by atoms with E-state index < -0.39 is 0 Å². The number of rotatable bonds is 7. The van der Waals surface area contributed by atoms with Gasteiger partial charge in [0, 0.05) is 4.88 Å². The van der Waals surface area contributed by atoms with E-state index in [9.17, 15) is 0 Å². The van der Waals surface area contributed by atoms with E-state index in [0.717, 1.165) is 23.7 Å². The number of nitrogens with one attached hydrogen (secondary N) is 1. The first kappa shape index (κ1) is 16.0. The maximum absolute atomic E-state index is 5.51. The molecule has 0 amide bonds. The Morgan fingerprint density at radius 1 is 1.19 bits per heavy atom. The highest BCUT2D eigenvalue weighted by atomic mass is 32.1. The summed E-state index contributed by atoms with van der Waals surface area (Å²) in [6, 6.07) is 8.48. The summed E-state index contributed by atoms with van der Waals surface area (Å²) in [6.07, 6.45) is 0.991. The Kier molecular flexibility index (Phi) is 5.76. The van der Waals surface area contributed by atoms with E-state index in [2.05, 4.69) is 38.2 Å². The summed E-state index contributed by atoms with van der Waals surface area (Å²) in [5, 5.41) is 4.69. The van der Waals surface area contributed by atoms with E-state index in [1.165, 1.54) is 16.1 Å². The Hall–Kier alpha value is -1.39. The number of aromatic nitrogens is 1. The molecule has 0 saturated carbocycles. The first-order valence-corrected chi connectivity index (χ1v) is 8.43. The molecule has 2 aromatic rings. The zero-order valence-corrected chi connectivity index (χ0v) is 14.1. The van der Waals surface area contributed by atoms with Gasteiger partial charge in [-0.1, -0.05) is 26.0 Å². The van der Waals surface area contributed by atoms with Crippen LogP contribution in [0.4, 0.5) is 0 Å². The Balaban J connectivity index is 2.28. The minimum Gasteiger partial charge on any atom is -0.494 e. The van der Waals surface area contributed by atoms with Crippen LogP contribution in [-0.4, -0.2) is 18.1 Å². The highest BCUT2D eigenvalue weighted by Crippen LogP contribution is 2.29. The minimum absolute atomic E-state index is 0.162. The van der Waals surface area contributed by atoms with Gasteiger partial charge in [0.15, 0.2) is 0 Å². The van der Waals surface area contributed by atoms with E-state index in [1.54, 1.807) is 11.3 Å². The van der Waals surface area contributed by atoms with Crippen LogP contribution in [0.5, 0.6) is 5.75 Å². The number of benzene rings is 1. The topological polar surface area (TPSA) is 34.1 Å². The predicted molar refractivity (Wildman–Crippen MR) is 89.4 cm³/mol. The molecule has 0 aliphatic heterocycles. The molecule has 0 saturated heterocycles. The third-order valence-electron chi connectivity index (χ3n) is 3.42.